The molecule has 0 fully saturated rings. The maximum Gasteiger partial charge on any atom is 0.165 e. The SMILES string of the molecule is CCc1nn2cccnc2c1C=O. The van der Waals surface area contributed by atoms with Gasteiger partial charge in [0.05, 0.1) is 11.3 Å². The Morgan fingerprint density at radius 2 is 2.46 bits per heavy atom. The maximum atomic E-state index is 10.8. The predicted octanol–water partition coefficient (Wildman–Crippen LogP) is 1.10. The molecule has 0 atom stereocenters. The average Bonchev–Trinajstić information content (AvgIpc) is 2.55. The number of hydrogen-bond donors (Lipinski definition) is 0. The third-order valence-corrected chi connectivity index (χ3v) is 1.96. The lowest BCUT2D eigenvalue weighted by atomic mass is 10.2. The van der Waals surface area contributed by atoms with Crippen molar-refractivity contribution in [2.45, 2.75) is 13.3 Å². The summed E-state index contributed by atoms with van der Waals surface area (Å²) >= 11 is 0. The van der Waals surface area contributed by atoms with Gasteiger partial charge in [-0.05, 0) is 12.5 Å². The van der Waals surface area contributed by atoms with Crippen LogP contribution >= 0.6 is 0 Å². The van der Waals surface area contributed by atoms with E-state index < -0.39 is 0 Å². The fourth-order valence-corrected chi connectivity index (χ4v) is 1.33. The van der Waals surface area contributed by atoms with Crippen LogP contribution in [0.3, 0.4) is 0 Å². The van der Waals surface area contributed by atoms with E-state index in [9.17, 15) is 4.79 Å². The number of hydrogen-bond acceptors (Lipinski definition) is 3. The molecule has 66 valence electrons. The Kier molecular flexibility index (Phi) is 1.81. The number of carbonyl (C=O) groups excluding carboxylic acids is 1. The minimum absolute atomic E-state index is 0.600. The highest BCUT2D eigenvalue weighted by atomic mass is 16.1. The van der Waals surface area contributed by atoms with Crippen molar-refractivity contribution in [1.29, 1.82) is 0 Å². The summed E-state index contributed by atoms with van der Waals surface area (Å²) in [5.41, 5.74) is 2.03. The molecule has 2 aromatic rings. The number of carbonyl (C=O) groups is 1. The van der Waals surface area contributed by atoms with Crippen LogP contribution in [0.1, 0.15) is 23.0 Å². The third-order valence-electron chi connectivity index (χ3n) is 1.96. The molecule has 0 saturated heterocycles. The highest BCUT2D eigenvalue weighted by Gasteiger charge is 2.09. The molecule has 0 amide bonds. The van der Waals surface area contributed by atoms with Gasteiger partial charge in [-0.3, -0.25) is 4.79 Å². The molecule has 0 N–H and O–H groups in total. The van der Waals surface area contributed by atoms with E-state index in [0.29, 0.717) is 11.2 Å². The molecule has 0 aliphatic rings. The lowest BCUT2D eigenvalue weighted by molar-refractivity contribution is 0.112. The molecule has 4 heteroatoms. The van der Waals surface area contributed by atoms with E-state index in [1.807, 2.05) is 6.92 Å². The first-order chi connectivity index (χ1) is 6.36. The second kappa shape index (κ2) is 2.97. The number of nitrogens with zero attached hydrogens (tertiary/aromatic N) is 3. The minimum Gasteiger partial charge on any atom is -0.298 e. The van der Waals surface area contributed by atoms with E-state index in [2.05, 4.69) is 10.1 Å². The van der Waals surface area contributed by atoms with E-state index in [1.54, 1.807) is 23.0 Å². The van der Waals surface area contributed by atoms with Gasteiger partial charge in [-0.1, -0.05) is 6.92 Å². The molecule has 0 radical (unpaired) electrons. The lowest BCUT2D eigenvalue weighted by Crippen LogP contribution is -1.88. The van der Waals surface area contributed by atoms with Gasteiger partial charge in [0.2, 0.25) is 0 Å². The van der Waals surface area contributed by atoms with Crippen molar-refractivity contribution in [3.63, 3.8) is 0 Å². The van der Waals surface area contributed by atoms with Gasteiger partial charge in [-0.2, -0.15) is 5.10 Å². The molecule has 0 unspecified atom stereocenters. The normalized spacial score (nSPS) is 10.5. The zero-order valence-electron chi connectivity index (χ0n) is 7.27. The zero-order chi connectivity index (χ0) is 9.26. The summed E-state index contributed by atoms with van der Waals surface area (Å²) in [5, 5.41) is 4.22. The second-order valence-electron chi connectivity index (χ2n) is 2.72. The smallest absolute Gasteiger partial charge is 0.165 e. The molecule has 0 spiro atoms. The summed E-state index contributed by atoms with van der Waals surface area (Å²) in [4.78, 5) is 14.9. The van der Waals surface area contributed by atoms with Crippen LogP contribution in [0.5, 0.6) is 0 Å². The van der Waals surface area contributed by atoms with Crippen molar-refractivity contribution in [3.05, 3.63) is 29.7 Å². The quantitative estimate of drug-likeness (QED) is 0.642. The van der Waals surface area contributed by atoms with Gasteiger partial charge in [0.25, 0.3) is 0 Å². The molecule has 2 rings (SSSR count). The number of aromatic nitrogens is 3. The minimum atomic E-state index is 0.600. The Hall–Kier alpha value is -1.71. The average molecular weight is 175 g/mol. The van der Waals surface area contributed by atoms with Crippen LogP contribution in [0.25, 0.3) is 5.65 Å². The summed E-state index contributed by atoms with van der Waals surface area (Å²) < 4.78 is 1.63. The molecular formula is C9H9N3O. The number of aldehydes is 1. The van der Waals surface area contributed by atoms with Crippen LogP contribution in [0.4, 0.5) is 0 Å². The van der Waals surface area contributed by atoms with Gasteiger partial charge in [-0.25, -0.2) is 9.50 Å². The first-order valence-electron chi connectivity index (χ1n) is 4.14. The summed E-state index contributed by atoms with van der Waals surface area (Å²) in [5.74, 6) is 0. The first kappa shape index (κ1) is 7.91. The van der Waals surface area contributed by atoms with Crippen molar-refractivity contribution in [1.82, 2.24) is 14.6 Å². The molecule has 13 heavy (non-hydrogen) atoms. The molecule has 2 aromatic heterocycles. The fourth-order valence-electron chi connectivity index (χ4n) is 1.33. The summed E-state index contributed by atoms with van der Waals surface area (Å²) in [6.07, 6.45) is 5.00. The summed E-state index contributed by atoms with van der Waals surface area (Å²) in [6.45, 7) is 1.97. The number of aryl methyl sites for hydroxylation is 1. The highest BCUT2D eigenvalue weighted by molar-refractivity contribution is 5.85. The van der Waals surface area contributed by atoms with Crippen LogP contribution in [0.15, 0.2) is 18.5 Å². The van der Waals surface area contributed by atoms with Crippen LogP contribution in [0.2, 0.25) is 0 Å². The fraction of sp³-hybridized carbons (Fsp3) is 0.222. The van der Waals surface area contributed by atoms with Gasteiger partial charge in [0, 0.05) is 12.4 Å². The van der Waals surface area contributed by atoms with Crippen LogP contribution in [-0.4, -0.2) is 20.9 Å². The van der Waals surface area contributed by atoms with Gasteiger partial charge in [-0.15, -0.1) is 0 Å². The maximum absolute atomic E-state index is 10.8. The van der Waals surface area contributed by atoms with Crippen LogP contribution < -0.4 is 0 Å². The number of rotatable bonds is 2. The molecular weight excluding hydrogens is 166 g/mol. The Morgan fingerprint density at radius 3 is 3.15 bits per heavy atom. The summed E-state index contributed by atoms with van der Waals surface area (Å²) in [7, 11) is 0. The lowest BCUT2D eigenvalue weighted by Gasteiger charge is -1.88. The van der Waals surface area contributed by atoms with E-state index in [4.69, 9.17) is 0 Å². The Bertz CT molecular complexity index is 447. The van der Waals surface area contributed by atoms with E-state index in [1.165, 1.54) is 0 Å². The Morgan fingerprint density at radius 1 is 1.62 bits per heavy atom. The van der Waals surface area contributed by atoms with Gasteiger partial charge >= 0.3 is 0 Å². The summed E-state index contributed by atoms with van der Waals surface area (Å²) in [6, 6.07) is 1.79. The standard InChI is InChI=1S/C9H9N3O/c1-2-8-7(6-13)9-10-4-3-5-12(9)11-8/h3-6H,2H2,1H3. The van der Waals surface area contributed by atoms with Gasteiger partial charge in [0.1, 0.15) is 0 Å². The Labute approximate surface area is 75.2 Å². The largest absolute Gasteiger partial charge is 0.298 e. The topological polar surface area (TPSA) is 47.3 Å². The molecule has 0 bridgehead atoms. The monoisotopic (exact) mass is 175 g/mol. The van der Waals surface area contributed by atoms with Crippen molar-refractivity contribution in [3.8, 4) is 0 Å². The molecule has 0 saturated carbocycles. The zero-order valence-corrected chi connectivity index (χ0v) is 7.27. The molecule has 0 aromatic carbocycles. The van der Waals surface area contributed by atoms with Crippen LogP contribution in [0, 0.1) is 0 Å². The van der Waals surface area contributed by atoms with Crippen molar-refractivity contribution < 1.29 is 4.79 Å². The van der Waals surface area contributed by atoms with Crippen molar-refractivity contribution >= 4 is 11.9 Å². The molecule has 2 heterocycles. The number of fused-ring (bicyclic) bond motifs is 1. The third kappa shape index (κ3) is 1.11. The van der Waals surface area contributed by atoms with Crippen molar-refractivity contribution in [2.75, 3.05) is 0 Å². The molecule has 0 aliphatic carbocycles. The van der Waals surface area contributed by atoms with E-state index >= 15 is 0 Å². The van der Waals surface area contributed by atoms with E-state index in [-0.39, 0.29) is 0 Å². The predicted molar refractivity (Wildman–Crippen MR) is 47.8 cm³/mol. The van der Waals surface area contributed by atoms with Gasteiger partial charge in [0.15, 0.2) is 11.9 Å². The van der Waals surface area contributed by atoms with Crippen LogP contribution in [-0.2, 0) is 6.42 Å². The molecule has 4 nitrogen and oxygen atoms in total. The van der Waals surface area contributed by atoms with E-state index in [0.717, 1.165) is 18.4 Å². The molecule has 0 aliphatic heterocycles. The van der Waals surface area contributed by atoms with Crippen molar-refractivity contribution in [2.24, 2.45) is 0 Å². The highest BCUT2D eigenvalue weighted by Crippen LogP contribution is 2.10. The Balaban J connectivity index is 2.81. The second-order valence-corrected chi connectivity index (χ2v) is 2.72. The first-order valence-corrected chi connectivity index (χ1v) is 4.14. The van der Waals surface area contributed by atoms with Gasteiger partial charge < -0.3 is 0 Å².